The van der Waals surface area contributed by atoms with E-state index in [1.807, 2.05) is 37.3 Å². The largest absolute Gasteiger partial charge is 0.455 e. The van der Waals surface area contributed by atoms with Gasteiger partial charge in [0.2, 0.25) is 0 Å². The van der Waals surface area contributed by atoms with Crippen LogP contribution in [0.15, 0.2) is 53.3 Å². The van der Waals surface area contributed by atoms with Crippen molar-refractivity contribution in [2.24, 2.45) is 0 Å². The van der Waals surface area contributed by atoms with Gasteiger partial charge in [0, 0.05) is 11.8 Å². The van der Waals surface area contributed by atoms with E-state index in [4.69, 9.17) is 16.3 Å². The summed E-state index contributed by atoms with van der Waals surface area (Å²) >= 11 is 6.11. The molecule has 3 aromatic rings. The SMILES string of the molecule is Cc1cc(=O)c2c(Cl)ccc(Oc3ccccc3)c2[nH]1. The highest BCUT2D eigenvalue weighted by Gasteiger charge is 2.11. The van der Waals surface area contributed by atoms with E-state index < -0.39 is 0 Å². The number of nitrogens with one attached hydrogen (secondary N) is 1. The Balaban J connectivity index is 2.22. The number of para-hydroxylation sites is 1. The zero-order valence-electron chi connectivity index (χ0n) is 10.8. The fourth-order valence-electron chi connectivity index (χ4n) is 2.13. The predicted octanol–water partition coefficient (Wildman–Crippen LogP) is 4.28. The lowest BCUT2D eigenvalue weighted by Gasteiger charge is -2.10. The molecule has 0 aliphatic heterocycles. The number of H-pyrrole nitrogens is 1. The van der Waals surface area contributed by atoms with Gasteiger partial charge in [0.05, 0.1) is 15.9 Å². The molecule has 0 radical (unpaired) electrons. The number of aromatic amines is 1. The molecule has 20 heavy (non-hydrogen) atoms. The predicted molar refractivity (Wildman–Crippen MR) is 80.8 cm³/mol. The first-order valence-electron chi connectivity index (χ1n) is 6.20. The van der Waals surface area contributed by atoms with Crippen LogP contribution < -0.4 is 10.2 Å². The third-order valence-electron chi connectivity index (χ3n) is 3.00. The van der Waals surface area contributed by atoms with Crippen molar-refractivity contribution < 1.29 is 4.74 Å². The Morgan fingerprint density at radius 2 is 1.85 bits per heavy atom. The van der Waals surface area contributed by atoms with Gasteiger partial charge < -0.3 is 9.72 Å². The second-order valence-corrected chi connectivity index (χ2v) is 4.93. The van der Waals surface area contributed by atoms with Crippen LogP contribution in [-0.2, 0) is 0 Å². The number of hydrogen-bond acceptors (Lipinski definition) is 2. The number of aromatic nitrogens is 1. The topological polar surface area (TPSA) is 42.1 Å². The van der Waals surface area contributed by atoms with Gasteiger partial charge in [0.1, 0.15) is 5.75 Å². The summed E-state index contributed by atoms with van der Waals surface area (Å²) in [4.78, 5) is 15.2. The van der Waals surface area contributed by atoms with Crippen LogP contribution in [0.2, 0.25) is 5.02 Å². The molecule has 3 rings (SSSR count). The van der Waals surface area contributed by atoms with Crippen LogP contribution in [-0.4, -0.2) is 4.98 Å². The molecule has 4 heteroatoms. The Kier molecular flexibility index (Phi) is 3.20. The number of aryl methyl sites for hydroxylation is 1. The molecule has 0 aliphatic carbocycles. The van der Waals surface area contributed by atoms with Gasteiger partial charge in [-0.3, -0.25) is 4.79 Å². The normalized spacial score (nSPS) is 10.7. The number of rotatable bonds is 2. The molecule has 0 atom stereocenters. The minimum atomic E-state index is -0.111. The summed E-state index contributed by atoms with van der Waals surface area (Å²) in [6, 6.07) is 14.4. The van der Waals surface area contributed by atoms with Gasteiger partial charge in [-0.2, -0.15) is 0 Å². The molecule has 0 fully saturated rings. The molecule has 100 valence electrons. The maximum absolute atomic E-state index is 12.1. The number of hydrogen-bond donors (Lipinski definition) is 1. The summed E-state index contributed by atoms with van der Waals surface area (Å²) in [5, 5.41) is 0.868. The molecule has 1 N–H and O–H groups in total. The molecule has 0 bridgehead atoms. The van der Waals surface area contributed by atoms with E-state index in [1.54, 1.807) is 12.1 Å². The number of halogens is 1. The number of fused-ring (bicyclic) bond motifs is 1. The maximum Gasteiger partial charge on any atom is 0.191 e. The lowest BCUT2D eigenvalue weighted by molar-refractivity contribution is 0.487. The van der Waals surface area contributed by atoms with Crippen LogP contribution in [0.5, 0.6) is 11.5 Å². The van der Waals surface area contributed by atoms with Crippen LogP contribution in [0.1, 0.15) is 5.69 Å². The molecule has 0 unspecified atom stereocenters. The zero-order chi connectivity index (χ0) is 14.1. The summed E-state index contributed by atoms with van der Waals surface area (Å²) in [5.74, 6) is 1.29. The monoisotopic (exact) mass is 285 g/mol. The van der Waals surface area contributed by atoms with Crippen molar-refractivity contribution in [1.29, 1.82) is 0 Å². The number of ether oxygens (including phenoxy) is 1. The molecular weight excluding hydrogens is 274 g/mol. The Bertz CT molecular complexity index is 825. The van der Waals surface area contributed by atoms with Gasteiger partial charge in [0.25, 0.3) is 0 Å². The first-order chi connectivity index (χ1) is 9.65. The van der Waals surface area contributed by atoms with Crippen molar-refractivity contribution in [3.05, 3.63) is 69.5 Å². The molecule has 1 aromatic heterocycles. The first-order valence-corrected chi connectivity index (χ1v) is 6.58. The van der Waals surface area contributed by atoms with Crippen molar-refractivity contribution in [1.82, 2.24) is 4.98 Å². The highest BCUT2D eigenvalue weighted by atomic mass is 35.5. The molecule has 0 aliphatic rings. The fourth-order valence-corrected chi connectivity index (χ4v) is 2.38. The van der Waals surface area contributed by atoms with Gasteiger partial charge in [0.15, 0.2) is 11.2 Å². The highest BCUT2D eigenvalue weighted by Crippen LogP contribution is 2.31. The Labute approximate surface area is 120 Å². The average molecular weight is 286 g/mol. The molecule has 3 nitrogen and oxygen atoms in total. The van der Waals surface area contributed by atoms with E-state index in [9.17, 15) is 4.79 Å². The second kappa shape index (κ2) is 5.02. The molecule has 0 spiro atoms. The smallest absolute Gasteiger partial charge is 0.191 e. The van der Waals surface area contributed by atoms with Crippen molar-refractivity contribution >= 4 is 22.5 Å². The third kappa shape index (κ3) is 2.28. The van der Waals surface area contributed by atoms with Crippen LogP contribution in [0, 0.1) is 6.92 Å². The lowest BCUT2D eigenvalue weighted by atomic mass is 10.2. The van der Waals surface area contributed by atoms with Crippen molar-refractivity contribution in [3.63, 3.8) is 0 Å². The van der Waals surface area contributed by atoms with Gasteiger partial charge in [-0.05, 0) is 31.2 Å². The van der Waals surface area contributed by atoms with Crippen LogP contribution in [0.3, 0.4) is 0 Å². The quantitative estimate of drug-likeness (QED) is 0.763. The van der Waals surface area contributed by atoms with Crippen molar-refractivity contribution in [2.75, 3.05) is 0 Å². The second-order valence-electron chi connectivity index (χ2n) is 4.53. The number of pyridine rings is 1. The zero-order valence-corrected chi connectivity index (χ0v) is 11.6. The first kappa shape index (κ1) is 12.8. The van der Waals surface area contributed by atoms with Gasteiger partial charge >= 0.3 is 0 Å². The summed E-state index contributed by atoms with van der Waals surface area (Å²) in [5.41, 5.74) is 1.27. The molecule has 2 aromatic carbocycles. The molecule has 1 heterocycles. The Morgan fingerprint density at radius 1 is 1.10 bits per heavy atom. The minimum absolute atomic E-state index is 0.111. The maximum atomic E-state index is 12.1. The van der Waals surface area contributed by atoms with Crippen molar-refractivity contribution in [2.45, 2.75) is 6.92 Å². The molecule has 0 saturated carbocycles. The van der Waals surface area contributed by atoms with Gasteiger partial charge in [-0.1, -0.05) is 29.8 Å². The highest BCUT2D eigenvalue weighted by molar-refractivity contribution is 6.35. The molecular formula is C16H12ClNO2. The summed E-state index contributed by atoms with van der Waals surface area (Å²) in [6.45, 7) is 1.83. The van der Waals surface area contributed by atoms with Crippen LogP contribution in [0.4, 0.5) is 0 Å². The summed E-state index contributed by atoms with van der Waals surface area (Å²) in [7, 11) is 0. The Hall–Kier alpha value is -2.26. The van der Waals surface area contributed by atoms with E-state index in [0.29, 0.717) is 27.4 Å². The summed E-state index contributed by atoms with van der Waals surface area (Å²) in [6.07, 6.45) is 0. The van der Waals surface area contributed by atoms with Gasteiger partial charge in [-0.25, -0.2) is 0 Å². The van der Waals surface area contributed by atoms with E-state index in [2.05, 4.69) is 4.98 Å². The average Bonchev–Trinajstić information content (AvgIpc) is 2.42. The van der Waals surface area contributed by atoms with Crippen molar-refractivity contribution in [3.8, 4) is 11.5 Å². The summed E-state index contributed by atoms with van der Waals surface area (Å²) < 4.78 is 5.83. The van der Waals surface area contributed by atoms with E-state index in [0.717, 1.165) is 5.69 Å². The molecule has 0 amide bonds. The van der Waals surface area contributed by atoms with E-state index in [1.165, 1.54) is 6.07 Å². The standard InChI is InChI=1S/C16H12ClNO2/c1-10-9-13(19)15-12(17)7-8-14(16(15)18-10)20-11-5-3-2-4-6-11/h2-9H,1H3,(H,18,19). The van der Waals surface area contributed by atoms with Crippen LogP contribution in [0.25, 0.3) is 10.9 Å². The van der Waals surface area contributed by atoms with Gasteiger partial charge in [-0.15, -0.1) is 0 Å². The van der Waals surface area contributed by atoms with E-state index in [-0.39, 0.29) is 5.43 Å². The number of benzene rings is 2. The minimum Gasteiger partial charge on any atom is -0.455 e. The lowest BCUT2D eigenvalue weighted by Crippen LogP contribution is -2.04. The van der Waals surface area contributed by atoms with E-state index >= 15 is 0 Å². The molecule has 0 saturated heterocycles. The Morgan fingerprint density at radius 3 is 2.60 bits per heavy atom. The third-order valence-corrected chi connectivity index (χ3v) is 3.32. The van der Waals surface area contributed by atoms with Crippen LogP contribution >= 0.6 is 11.6 Å². The fraction of sp³-hybridized carbons (Fsp3) is 0.0625.